The third kappa shape index (κ3) is 5.00. The summed E-state index contributed by atoms with van der Waals surface area (Å²) >= 11 is 7.95. The molecule has 0 unspecified atom stereocenters. The van der Waals surface area contributed by atoms with E-state index in [-0.39, 0.29) is 0 Å². The predicted molar refractivity (Wildman–Crippen MR) is 88.9 cm³/mol. The minimum Gasteiger partial charge on any atom is -0.492 e. The maximum atomic E-state index is 8.96. The molecule has 0 saturated heterocycles. The molecule has 0 fully saturated rings. The molecule has 0 aliphatic rings. The van der Waals surface area contributed by atoms with Crippen LogP contribution < -0.4 is 4.74 Å². The smallest absolute Gasteiger partial charge is 0.137 e. The first kappa shape index (κ1) is 15.8. The molecule has 2 aromatic carbocycles. The van der Waals surface area contributed by atoms with E-state index < -0.39 is 0 Å². The molecule has 108 valence electrons. The summed E-state index contributed by atoms with van der Waals surface area (Å²) < 4.78 is 5.64. The summed E-state index contributed by atoms with van der Waals surface area (Å²) in [6, 6.07) is 17.4. The standard InChI is InChI=1S/C17H16ClNOS/c18-16-8-3-1-7-15(16)13-21-11-5-10-20-17-9-4-2-6-14(17)12-19/h1-4,6-9H,5,10-11,13H2. The van der Waals surface area contributed by atoms with Crippen LogP contribution in [0.2, 0.25) is 5.02 Å². The average Bonchev–Trinajstić information content (AvgIpc) is 2.52. The highest BCUT2D eigenvalue weighted by atomic mass is 35.5. The number of ether oxygens (including phenoxy) is 1. The summed E-state index contributed by atoms with van der Waals surface area (Å²) in [6.07, 6.45) is 0.939. The number of benzene rings is 2. The van der Waals surface area contributed by atoms with Gasteiger partial charge in [-0.2, -0.15) is 17.0 Å². The summed E-state index contributed by atoms with van der Waals surface area (Å²) in [7, 11) is 0. The molecule has 2 rings (SSSR count). The molecule has 0 spiro atoms. The Morgan fingerprint density at radius 1 is 1.10 bits per heavy atom. The van der Waals surface area contributed by atoms with Gasteiger partial charge in [0, 0.05) is 10.8 Å². The van der Waals surface area contributed by atoms with Gasteiger partial charge in [-0.25, -0.2) is 0 Å². The first-order valence-corrected chi connectivity index (χ1v) is 8.27. The van der Waals surface area contributed by atoms with Crippen LogP contribution in [-0.4, -0.2) is 12.4 Å². The fourth-order valence-electron chi connectivity index (χ4n) is 1.83. The van der Waals surface area contributed by atoms with Gasteiger partial charge >= 0.3 is 0 Å². The van der Waals surface area contributed by atoms with E-state index in [4.69, 9.17) is 21.6 Å². The van der Waals surface area contributed by atoms with Crippen molar-refractivity contribution >= 4 is 23.4 Å². The molecule has 0 radical (unpaired) electrons. The van der Waals surface area contributed by atoms with E-state index in [2.05, 4.69) is 12.1 Å². The Morgan fingerprint density at radius 2 is 1.86 bits per heavy atom. The van der Waals surface area contributed by atoms with Crippen LogP contribution in [0.25, 0.3) is 0 Å². The summed E-state index contributed by atoms with van der Waals surface area (Å²) in [4.78, 5) is 0. The van der Waals surface area contributed by atoms with Crippen LogP contribution in [0.5, 0.6) is 5.75 Å². The molecule has 4 heteroatoms. The van der Waals surface area contributed by atoms with Crippen molar-refractivity contribution in [2.75, 3.05) is 12.4 Å². The van der Waals surface area contributed by atoms with E-state index in [0.717, 1.165) is 22.9 Å². The summed E-state index contributed by atoms with van der Waals surface area (Å²) in [5, 5.41) is 9.79. The van der Waals surface area contributed by atoms with Crippen molar-refractivity contribution in [2.24, 2.45) is 0 Å². The number of halogens is 1. The normalized spacial score (nSPS) is 10.1. The van der Waals surface area contributed by atoms with Crippen molar-refractivity contribution in [2.45, 2.75) is 12.2 Å². The molecule has 0 atom stereocenters. The number of para-hydroxylation sites is 1. The van der Waals surface area contributed by atoms with Crippen molar-refractivity contribution in [3.8, 4) is 11.8 Å². The number of nitrogens with zero attached hydrogens (tertiary/aromatic N) is 1. The van der Waals surface area contributed by atoms with Gasteiger partial charge in [-0.05, 0) is 35.9 Å². The van der Waals surface area contributed by atoms with Crippen molar-refractivity contribution in [1.29, 1.82) is 5.26 Å². The van der Waals surface area contributed by atoms with E-state index in [0.29, 0.717) is 17.9 Å². The zero-order chi connectivity index (χ0) is 14.9. The van der Waals surface area contributed by atoms with E-state index in [1.165, 1.54) is 5.56 Å². The maximum absolute atomic E-state index is 8.96. The van der Waals surface area contributed by atoms with Crippen LogP contribution in [0.15, 0.2) is 48.5 Å². The van der Waals surface area contributed by atoms with Gasteiger partial charge in [0.25, 0.3) is 0 Å². The lowest BCUT2D eigenvalue weighted by Crippen LogP contribution is -2.00. The zero-order valence-corrected chi connectivity index (χ0v) is 13.2. The lowest BCUT2D eigenvalue weighted by atomic mass is 10.2. The minimum absolute atomic E-state index is 0.584. The molecule has 0 N–H and O–H groups in total. The van der Waals surface area contributed by atoms with Crippen molar-refractivity contribution in [1.82, 2.24) is 0 Å². The quantitative estimate of drug-likeness (QED) is 0.680. The van der Waals surface area contributed by atoms with Crippen LogP contribution in [0.1, 0.15) is 17.5 Å². The molecule has 21 heavy (non-hydrogen) atoms. The molecular weight excluding hydrogens is 302 g/mol. The molecule has 0 saturated carbocycles. The van der Waals surface area contributed by atoms with Crippen LogP contribution >= 0.6 is 23.4 Å². The van der Waals surface area contributed by atoms with Crippen molar-refractivity contribution in [3.63, 3.8) is 0 Å². The van der Waals surface area contributed by atoms with Gasteiger partial charge in [0.2, 0.25) is 0 Å². The number of nitriles is 1. The van der Waals surface area contributed by atoms with Gasteiger partial charge in [0.15, 0.2) is 0 Å². The molecular formula is C17H16ClNOS. The Labute approximate surface area is 134 Å². The molecule has 0 amide bonds. The van der Waals surface area contributed by atoms with Gasteiger partial charge in [-0.15, -0.1) is 0 Å². The van der Waals surface area contributed by atoms with Crippen molar-refractivity contribution in [3.05, 3.63) is 64.7 Å². The summed E-state index contributed by atoms with van der Waals surface area (Å²) in [6.45, 7) is 0.619. The van der Waals surface area contributed by atoms with Crippen LogP contribution in [0, 0.1) is 11.3 Å². The first-order chi connectivity index (χ1) is 10.3. The second-order valence-electron chi connectivity index (χ2n) is 4.45. The molecule has 0 bridgehead atoms. The van der Waals surface area contributed by atoms with Crippen molar-refractivity contribution < 1.29 is 4.74 Å². The Kier molecular flexibility index (Phi) is 6.46. The highest BCUT2D eigenvalue weighted by Gasteiger charge is 2.02. The highest BCUT2D eigenvalue weighted by Crippen LogP contribution is 2.21. The molecule has 0 aliphatic carbocycles. The third-order valence-electron chi connectivity index (χ3n) is 2.91. The van der Waals surface area contributed by atoms with Gasteiger partial charge in [0.05, 0.1) is 12.2 Å². The number of thioether (sulfide) groups is 1. The summed E-state index contributed by atoms with van der Waals surface area (Å²) in [5.74, 6) is 2.57. The van der Waals surface area contributed by atoms with E-state index in [9.17, 15) is 0 Å². The Bertz CT molecular complexity index is 624. The largest absolute Gasteiger partial charge is 0.492 e. The maximum Gasteiger partial charge on any atom is 0.137 e. The van der Waals surface area contributed by atoms with E-state index in [1.807, 2.05) is 48.2 Å². The molecule has 0 aromatic heterocycles. The number of hydrogen-bond acceptors (Lipinski definition) is 3. The SMILES string of the molecule is N#Cc1ccccc1OCCCSCc1ccccc1Cl. The highest BCUT2D eigenvalue weighted by molar-refractivity contribution is 7.98. The lowest BCUT2D eigenvalue weighted by molar-refractivity contribution is 0.318. The third-order valence-corrected chi connectivity index (χ3v) is 4.37. The molecule has 0 heterocycles. The fourth-order valence-corrected chi connectivity index (χ4v) is 3.05. The lowest BCUT2D eigenvalue weighted by Gasteiger charge is -2.07. The molecule has 2 aromatic rings. The predicted octanol–water partition coefficient (Wildman–Crippen LogP) is 4.91. The summed E-state index contributed by atoms with van der Waals surface area (Å²) in [5.41, 5.74) is 1.75. The second kappa shape index (κ2) is 8.61. The van der Waals surface area contributed by atoms with Crippen LogP contribution in [0.4, 0.5) is 0 Å². The topological polar surface area (TPSA) is 33.0 Å². The van der Waals surface area contributed by atoms with Gasteiger partial charge in [-0.3, -0.25) is 0 Å². The minimum atomic E-state index is 0.584. The zero-order valence-electron chi connectivity index (χ0n) is 11.6. The Morgan fingerprint density at radius 3 is 2.67 bits per heavy atom. The number of rotatable bonds is 7. The van der Waals surface area contributed by atoms with Gasteiger partial charge < -0.3 is 4.74 Å². The first-order valence-electron chi connectivity index (χ1n) is 6.74. The second-order valence-corrected chi connectivity index (χ2v) is 5.97. The number of hydrogen-bond donors (Lipinski definition) is 0. The molecule has 2 nitrogen and oxygen atoms in total. The monoisotopic (exact) mass is 317 g/mol. The van der Waals surface area contributed by atoms with Crippen LogP contribution in [0.3, 0.4) is 0 Å². The Balaban J connectivity index is 1.67. The van der Waals surface area contributed by atoms with Crippen LogP contribution in [-0.2, 0) is 5.75 Å². The Hall–Kier alpha value is -1.63. The van der Waals surface area contributed by atoms with Gasteiger partial charge in [0.1, 0.15) is 11.8 Å². The van der Waals surface area contributed by atoms with Gasteiger partial charge in [-0.1, -0.05) is 41.9 Å². The van der Waals surface area contributed by atoms with E-state index >= 15 is 0 Å². The average molecular weight is 318 g/mol. The fraction of sp³-hybridized carbons (Fsp3) is 0.235. The van der Waals surface area contributed by atoms with E-state index in [1.54, 1.807) is 6.07 Å². The molecule has 0 aliphatic heterocycles.